The Kier molecular flexibility index (Phi) is 5.44. The first-order valence-corrected chi connectivity index (χ1v) is 9.65. The van der Waals surface area contributed by atoms with Crippen molar-refractivity contribution in [1.82, 2.24) is 19.0 Å². The van der Waals surface area contributed by atoms with E-state index >= 15 is 0 Å². The van der Waals surface area contributed by atoms with E-state index < -0.39 is 0 Å². The molecule has 1 fully saturated rings. The van der Waals surface area contributed by atoms with Gasteiger partial charge in [-0.1, -0.05) is 12.1 Å². The molecule has 0 spiro atoms. The van der Waals surface area contributed by atoms with E-state index in [4.69, 9.17) is 4.74 Å². The molecule has 0 bridgehead atoms. The molecule has 0 N–H and O–H groups in total. The van der Waals surface area contributed by atoms with Gasteiger partial charge in [-0.3, -0.25) is 13.9 Å². The van der Waals surface area contributed by atoms with Crippen LogP contribution in [0.1, 0.15) is 18.0 Å². The number of benzene rings is 1. The normalized spacial score (nSPS) is 16.6. The van der Waals surface area contributed by atoms with E-state index in [2.05, 4.69) is 4.98 Å². The smallest absolute Gasteiger partial charge is 0.330 e. The van der Waals surface area contributed by atoms with Gasteiger partial charge in [0.25, 0.3) is 0 Å². The number of hydrogen-bond acceptors (Lipinski definition) is 4. The minimum atomic E-state index is -0.320. The van der Waals surface area contributed by atoms with Gasteiger partial charge in [0.1, 0.15) is 5.82 Å². The van der Waals surface area contributed by atoms with Gasteiger partial charge < -0.3 is 9.64 Å². The Morgan fingerprint density at radius 2 is 2.07 bits per heavy atom. The fraction of sp³-hybridized carbons (Fsp3) is 0.381. The third kappa shape index (κ3) is 3.80. The number of methoxy groups -OCH3 is 1. The van der Waals surface area contributed by atoms with Gasteiger partial charge in [0.15, 0.2) is 5.65 Å². The highest BCUT2D eigenvalue weighted by Gasteiger charge is 2.30. The van der Waals surface area contributed by atoms with Crippen LogP contribution in [0.2, 0.25) is 0 Å². The number of nitrogens with zero attached hydrogens (tertiary/aromatic N) is 4. The van der Waals surface area contributed by atoms with Crippen molar-refractivity contribution in [1.29, 1.82) is 0 Å². The highest BCUT2D eigenvalue weighted by Crippen LogP contribution is 2.24. The monoisotopic (exact) mass is 398 g/mol. The van der Waals surface area contributed by atoms with Gasteiger partial charge in [-0.05, 0) is 36.2 Å². The van der Waals surface area contributed by atoms with Gasteiger partial charge in [0, 0.05) is 26.4 Å². The summed E-state index contributed by atoms with van der Waals surface area (Å²) >= 11 is 0. The standard InChI is InChI=1S/C21H23FN4O3/c1-29-12-11-25-18-3-2-9-23-20(18)26(21(25)28)17-8-10-24(14-17)19(27)13-15-4-6-16(22)7-5-15/h2-7,9,17H,8,10-14H2,1H3. The molecule has 3 heterocycles. The zero-order valence-electron chi connectivity index (χ0n) is 16.3. The molecular weight excluding hydrogens is 375 g/mol. The molecule has 1 aromatic carbocycles. The molecule has 152 valence electrons. The molecule has 1 aliphatic rings. The maximum Gasteiger partial charge on any atom is 0.330 e. The summed E-state index contributed by atoms with van der Waals surface area (Å²) in [7, 11) is 1.60. The molecule has 0 radical (unpaired) electrons. The van der Waals surface area contributed by atoms with Crippen LogP contribution in [0.25, 0.3) is 11.2 Å². The fourth-order valence-electron chi connectivity index (χ4n) is 3.90. The number of rotatable bonds is 6. The molecule has 8 heteroatoms. The zero-order valence-corrected chi connectivity index (χ0v) is 16.3. The highest BCUT2D eigenvalue weighted by atomic mass is 19.1. The Morgan fingerprint density at radius 3 is 2.83 bits per heavy atom. The summed E-state index contributed by atoms with van der Waals surface area (Å²) in [5.74, 6) is -0.345. The lowest BCUT2D eigenvalue weighted by molar-refractivity contribution is -0.129. The number of amides is 1. The van der Waals surface area contributed by atoms with E-state index in [-0.39, 0.29) is 29.9 Å². The quantitative estimate of drug-likeness (QED) is 0.637. The van der Waals surface area contributed by atoms with Crippen molar-refractivity contribution in [3.63, 3.8) is 0 Å². The van der Waals surface area contributed by atoms with E-state index in [0.29, 0.717) is 38.3 Å². The number of halogens is 1. The average Bonchev–Trinajstić information content (AvgIpc) is 3.30. The largest absolute Gasteiger partial charge is 0.383 e. The zero-order chi connectivity index (χ0) is 20.4. The average molecular weight is 398 g/mol. The Morgan fingerprint density at radius 1 is 1.28 bits per heavy atom. The maximum absolute atomic E-state index is 13.1. The van der Waals surface area contributed by atoms with Crippen LogP contribution in [0.3, 0.4) is 0 Å². The van der Waals surface area contributed by atoms with Crippen molar-refractivity contribution in [2.75, 3.05) is 26.8 Å². The lowest BCUT2D eigenvalue weighted by atomic mass is 10.1. The molecule has 4 rings (SSSR count). The van der Waals surface area contributed by atoms with Gasteiger partial charge in [-0.15, -0.1) is 0 Å². The number of fused-ring (bicyclic) bond motifs is 1. The second-order valence-corrected chi connectivity index (χ2v) is 7.23. The van der Waals surface area contributed by atoms with Gasteiger partial charge in [-0.25, -0.2) is 14.2 Å². The topological polar surface area (TPSA) is 69.4 Å². The molecule has 7 nitrogen and oxygen atoms in total. The first-order valence-electron chi connectivity index (χ1n) is 9.65. The van der Waals surface area contributed by atoms with E-state index in [1.165, 1.54) is 12.1 Å². The number of carbonyl (C=O) groups is 1. The summed E-state index contributed by atoms with van der Waals surface area (Å²) in [6.45, 7) is 1.92. The fourth-order valence-corrected chi connectivity index (χ4v) is 3.90. The lowest BCUT2D eigenvalue weighted by Crippen LogP contribution is -2.33. The first-order chi connectivity index (χ1) is 14.1. The number of imidazole rings is 1. The molecule has 0 saturated carbocycles. The van der Waals surface area contributed by atoms with Crippen LogP contribution in [-0.2, 0) is 22.5 Å². The Balaban J connectivity index is 1.55. The van der Waals surface area contributed by atoms with Gasteiger partial charge in [-0.2, -0.15) is 0 Å². The second-order valence-electron chi connectivity index (χ2n) is 7.23. The highest BCUT2D eigenvalue weighted by molar-refractivity contribution is 5.79. The van der Waals surface area contributed by atoms with Crippen molar-refractivity contribution in [2.24, 2.45) is 0 Å². The van der Waals surface area contributed by atoms with Gasteiger partial charge in [0.05, 0.1) is 31.1 Å². The number of hydrogen-bond donors (Lipinski definition) is 0. The number of ether oxygens (including phenoxy) is 1. The lowest BCUT2D eigenvalue weighted by Gasteiger charge is -2.17. The molecule has 1 atom stereocenters. The summed E-state index contributed by atoms with van der Waals surface area (Å²) in [5.41, 5.74) is 2.04. The number of likely N-dealkylation sites (tertiary alicyclic amines) is 1. The Labute approximate surface area is 167 Å². The summed E-state index contributed by atoms with van der Waals surface area (Å²) in [6.07, 6.45) is 2.58. The Bertz CT molecular complexity index is 1070. The predicted octanol–water partition coefficient (Wildman–Crippen LogP) is 2.00. The molecule has 1 aliphatic heterocycles. The van der Waals surface area contributed by atoms with Crippen molar-refractivity contribution < 1.29 is 13.9 Å². The molecule has 1 saturated heterocycles. The van der Waals surface area contributed by atoms with Crippen molar-refractivity contribution in [3.8, 4) is 0 Å². The molecule has 2 aromatic heterocycles. The molecule has 29 heavy (non-hydrogen) atoms. The molecule has 3 aromatic rings. The number of pyridine rings is 1. The summed E-state index contributed by atoms with van der Waals surface area (Å²) in [4.78, 5) is 31.9. The van der Waals surface area contributed by atoms with E-state index in [0.717, 1.165) is 11.1 Å². The molecule has 0 aliphatic carbocycles. The summed E-state index contributed by atoms with van der Waals surface area (Å²) < 4.78 is 21.6. The SMILES string of the molecule is COCCn1c(=O)n(C2CCN(C(=O)Cc3ccc(F)cc3)C2)c2ncccc21. The third-order valence-electron chi connectivity index (χ3n) is 5.39. The van der Waals surface area contributed by atoms with Crippen LogP contribution in [0.4, 0.5) is 4.39 Å². The van der Waals surface area contributed by atoms with Gasteiger partial charge >= 0.3 is 5.69 Å². The second kappa shape index (κ2) is 8.16. The summed E-state index contributed by atoms with van der Waals surface area (Å²) in [5, 5.41) is 0. The maximum atomic E-state index is 13.1. The predicted molar refractivity (Wildman–Crippen MR) is 106 cm³/mol. The minimum absolute atomic E-state index is 0.0248. The van der Waals surface area contributed by atoms with Gasteiger partial charge in [0.2, 0.25) is 5.91 Å². The van der Waals surface area contributed by atoms with Crippen LogP contribution < -0.4 is 5.69 Å². The van der Waals surface area contributed by atoms with Crippen molar-refractivity contribution in [3.05, 3.63) is 64.5 Å². The third-order valence-corrected chi connectivity index (χ3v) is 5.39. The number of aromatic nitrogens is 3. The first kappa shape index (κ1) is 19.3. The number of carbonyl (C=O) groups excluding carboxylic acids is 1. The summed E-state index contributed by atoms with van der Waals surface area (Å²) in [6, 6.07) is 9.52. The Hall–Kier alpha value is -3.00. The van der Waals surface area contributed by atoms with E-state index in [1.807, 2.05) is 12.1 Å². The van der Waals surface area contributed by atoms with Crippen molar-refractivity contribution in [2.45, 2.75) is 25.4 Å². The van der Waals surface area contributed by atoms with Crippen LogP contribution in [0.15, 0.2) is 47.4 Å². The molecular formula is C21H23FN4O3. The van der Waals surface area contributed by atoms with E-state index in [1.54, 1.807) is 39.5 Å². The molecule has 1 amide bonds. The van der Waals surface area contributed by atoms with Crippen LogP contribution >= 0.6 is 0 Å². The minimum Gasteiger partial charge on any atom is -0.383 e. The van der Waals surface area contributed by atoms with Crippen LogP contribution in [-0.4, -0.2) is 51.7 Å². The van der Waals surface area contributed by atoms with Crippen LogP contribution in [0.5, 0.6) is 0 Å². The van der Waals surface area contributed by atoms with Crippen LogP contribution in [0, 0.1) is 5.82 Å². The van der Waals surface area contributed by atoms with E-state index in [9.17, 15) is 14.0 Å². The van der Waals surface area contributed by atoms with Crippen molar-refractivity contribution >= 4 is 17.1 Å². The molecule has 1 unspecified atom stereocenters.